The fraction of sp³-hybridized carbons (Fsp3) is 0.267. The van der Waals surface area contributed by atoms with E-state index >= 15 is 0 Å². The van der Waals surface area contributed by atoms with Crippen LogP contribution in [0.25, 0.3) is 0 Å². The lowest BCUT2D eigenvalue weighted by Crippen LogP contribution is -2.18. The minimum Gasteiger partial charge on any atom is -0.468 e. The summed E-state index contributed by atoms with van der Waals surface area (Å²) in [6, 6.07) is 9.75. The van der Waals surface area contributed by atoms with Crippen LogP contribution in [-0.4, -0.2) is 28.8 Å². The molecule has 0 radical (unpaired) electrons. The van der Waals surface area contributed by atoms with Gasteiger partial charge in [-0.3, -0.25) is 9.59 Å². The van der Waals surface area contributed by atoms with Crippen molar-refractivity contribution in [2.45, 2.75) is 18.5 Å². The molecule has 0 unspecified atom stereocenters. The molecule has 2 rings (SSSR count). The normalized spacial score (nSPS) is 10.4. The number of nitrogens with one attached hydrogen (secondary N) is 1. The molecule has 5 nitrogen and oxygen atoms in total. The van der Waals surface area contributed by atoms with E-state index in [0.29, 0.717) is 22.8 Å². The number of methoxy groups -OCH3 is 1. The summed E-state index contributed by atoms with van der Waals surface area (Å²) in [4.78, 5) is 30.3. The first-order valence-electron chi connectivity index (χ1n) is 6.43. The van der Waals surface area contributed by atoms with Crippen molar-refractivity contribution in [3.05, 3.63) is 57.5 Å². The van der Waals surface area contributed by atoms with E-state index in [0.717, 1.165) is 17.3 Å². The molecule has 0 aliphatic carbocycles. The predicted molar refractivity (Wildman–Crippen MR) is 81.6 cm³/mol. The quantitative estimate of drug-likeness (QED) is 0.519. The van der Waals surface area contributed by atoms with E-state index in [4.69, 9.17) is 0 Å². The number of thioether (sulfide) groups is 1. The minimum atomic E-state index is -0.353. The zero-order valence-electron chi connectivity index (χ0n) is 11.9. The molecule has 1 aromatic heterocycles. The van der Waals surface area contributed by atoms with Gasteiger partial charge in [0.05, 0.1) is 12.9 Å². The molecule has 0 fully saturated rings. The molecule has 0 atom stereocenters. The van der Waals surface area contributed by atoms with Gasteiger partial charge in [-0.1, -0.05) is 42.1 Å². The first-order chi connectivity index (χ1) is 10.1. The van der Waals surface area contributed by atoms with Crippen molar-refractivity contribution in [1.82, 2.24) is 9.97 Å². The van der Waals surface area contributed by atoms with Crippen molar-refractivity contribution >= 4 is 17.7 Å². The number of benzene rings is 1. The van der Waals surface area contributed by atoms with Gasteiger partial charge in [-0.25, -0.2) is 4.98 Å². The lowest BCUT2D eigenvalue weighted by atomic mass is 10.1. The third-order valence-corrected chi connectivity index (χ3v) is 3.83. The summed E-state index contributed by atoms with van der Waals surface area (Å²) < 4.78 is 4.56. The first kappa shape index (κ1) is 15.3. The van der Waals surface area contributed by atoms with E-state index in [-0.39, 0.29) is 17.3 Å². The second-order valence-electron chi connectivity index (χ2n) is 4.46. The summed E-state index contributed by atoms with van der Waals surface area (Å²) in [6.07, 6.45) is 0.539. The van der Waals surface area contributed by atoms with Gasteiger partial charge in [-0.15, -0.1) is 0 Å². The number of aromatic nitrogens is 2. The van der Waals surface area contributed by atoms with Crippen LogP contribution in [0.4, 0.5) is 0 Å². The molecule has 1 aromatic carbocycles. The van der Waals surface area contributed by atoms with E-state index in [1.807, 2.05) is 30.3 Å². The number of aryl methyl sites for hydroxylation is 1. The van der Waals surface area contributed by atoms with Crippen molar-refractivity contribution in [1.29, 1.82) is 0 Å². The number of carbonyl (C=O) groups is 1. The number of carbonyl (C=O) groups excluding carboxylic acids is 1. The van der Waals surface area contributed by atoms with Crippen molar-refractivity contribution in [3.63, 3.8) is 0 Å². The van der Waals surface area contributed by atoms with Gasteiger partial charge in [0.2, 0.25) is 0 Å². The average molecular weight is 304 g/mol. The van der Waals surface area contributed by atoms with Gasteiger partial charge in [0, 0.05) is 17.7 Å². The summed E-state index contributed by atoms with van der Waals surface area (Å²) in [5, 5.41) is 0.430. The van der Waals surface area contributed by atoms with E-state index in [2.05, 4.69) is 14.7 Å². The zero-order valence-corrected chi connectivity index (χ0v) is 12.7. The number of H-pyrrole nitrogens is 1. The maximum atomic E-state index is 12.2. The van der Waals surface area contributed by atoms with E-state index in [9.17, 15) is 9.59 Å². The highest BCUT2D eigenvalue weighted by atomic mass is 32.2. The summed E-state index contributed by atoms with van der Waals surface area (Å²) in [5.41, 5.74) is 2.21. The van der Waals surface area contributed by atoms with Crippen molar-refractivity contribution in [2.75, 3.05) is 12.9 Å². The molecule has 0 amide bonds. The Morgan fingerprint density at radius 2 is 2.05 bits per heavy atom. The number of ether oxygens (including phenoxy) is 1. The number of hydrogen-bond acceptors (Lipinski definition) is 5. The maximum absolute atomic E-state index is 12.2. The lowest BCUT2D eigenvalue weighted by molar-refractivity contribution is -0.137. The Hall–Kier alpha value is -2.08. The number of hydrogen-bond donors (Lipinski definition) is 1. The van der Waals surface area contributed by atoms with Crippen LogP contribution in [0.3, 0.4) is 0 Å². The van der Waals surface area contributed by atoms with E-state index in [1.54, 1.807) is 6.92 Å². The highest BCUT2D eigenvalue weighted by Crippen LogP contribution is 2.14. The minimum absolute atomic E-state index is 0.122. The van der Waals surface area contributed by atoms with Crippen LogP contribution < -0.4 is 5.56 Å². The molecule has 0 saturated carbocycles. The van der Waals surface area contributed by atoms with Gasteiger partial charge < -0.3 is 9.72 Å². The molecular weight excluding hydrogens is 288 g/mol. The van der Waals surface area contributed by atoms with Crippen molar-refractivity contribution < 1.29 is 9.53 Å². The summed E-state index contributed by atoms with van der Waals surface area (Å²) in [6.45, 7) is 1.80. The molecule has 21 heavy (non-hydrogen) atoms. The SMILES string of the molecule is COC(=O)CSc1nc(C)c(Cc2ccccc2)c(=O)[nH]1. The Bertz CT molecular complexity index is 683. The van der Waals surface area contributed by atoms with Crippen LogP contribution in [0.5, 0.6) is 0 Å². The van der Waals surface area contributed by atoms with E-state index < -0.39 is 0 Å². The summed E-state index contributed by atoms with van der Waals surface area (Å²) >= 11 is 1.16. The Morgan fingerprint density at radius 3 is 2.67 bits per heavy atom. The zero-order chi connectivity index (χ0) is 15.2. The molecule has 0 aliphatic rings. The van der Waals surface area contributed by atoms with Crippen LogP contribution in [0.15, 0.2) is 40.3 Å². The monoisotopic (exact) mass is 304 g/mol. The standard InChI is InChI=1S/C15H16N2O3S/c1-10-12(8-11-6-4-3-5-7-11)14(19)17-15(16-10)21-9-13(18)20-2/h3-7H,8-9H2,1-2H3,(H,16,17,19). The van der Waals surface area contributed by atoms with Crippen LogP contribution in [0.1, 0.15) is 16.8 Å². The van der Waals surface area contributed by atoms with Gasteiger partial charge in [0.25, 0.3) is 5.56 Å². The van der Waals surface area contributed by atoms with Gasteiger partial charge >= 0.3 is 5.97 Å². The number of esters is 1. The lowest BCUT2D eigenvalue weighted by Gasteiger charge is -2.07. The summed E-state index contributed by atoms with van der Waals surface area (Å²) in [5.74, 6) is -0.231. The molecule has 0 bridgehead atoms. The molecule has 0 aliphatic heterocycles. The Kier molecular flexibility index (Phi) is 5.16. The largest absolute Gasteiger partial charge is 0.468 e. The average Bonchev–Trinajstić information content (AvgIpc) is 2.49. The molecule has 1 heterocycles. The Morgan fingerprint density at radius 1 is 1.33 bits per heavy atom. The number of nitrogens with zero attached hydrogens (tertiary/aromatic N) is 1. The van der Waals surface area contributed by atoms with E-state index in [1.165, 1.54) is 7.11 Å². The highest BCUT2D eigenvalue weighted by Gasteiger charge is 2.10. The predicted octanol–water partition coefficient (Wildman–Crippen LogP) is 1.93. The smallest absolute Gasteiger partial charge is 0.316 e. The second-order valence-corrected chi connectivity index (χ2v) is 5.43. The van der Waals surface area contributed by atoms with Gasteiger partial charge in [-0.05, 0) is 12.5 Å². The van der Waals surface area contributed by atoms with Crippen LogP contribution in [0.2, 0.25) is 0 Å². The first-order valence-corrected chi connectivity index (χ1v) is 7.42. The fourth-order valence-electron chi connectivity index (χ4n) is 1.85. The van der Waals surface area contributed by atoms with Crippen molar-refractivity contribution in [2.24, 2.45) is 0 Å². The molecule has 110 valence electrons. The maximum Gasteiger partial charge on any atom is 0.316 e. The highest BCUT2D eigenvalue weighted by molar-refractivity contribution is 7.99. The Balaban J connectivity index is 2.18. The van der Waals surface area contributed by atoms with Gasteiger partial charge in [-0.2, -0.15) is 0 Å². The topological polar surface area (TPSA) is 72.0 Å². The number of rotatable bonds is 5. The van der Waals surface area contributed by atoms with Crippen molar-refractivity contribution in [3.8, 4) is 0 Å². The van der Waals surface area contributed by atoms with Crippen LogP contribution >= 0.6 is 11.8 Å². The third kappa shape index (κ3) is 4.19. The van der Waals surface area contributed by atoms with Crippen LogP contribution in [-0.2, 0) is 16.0 Å². The van der Waals surface area contributed by atoms with Gasteiger partial charge in [0.15, 0.2) is 5.16 Å². The number of aromatic amines is 1. The molecular formula is C15H16N2O3S. The summed E-state index contributed by atoms with van der Waals surface area (Å²) in [7, 11) is 1.33. The molecule has 0 spiro atoms. The Labute approximate surface area is 126 Å². The van der Waals surface area contributed by atoms with Crippen LogP contribution in [0, 0.1) is 6.92 Å². The van der Waals surface area contributed by atoms with Gasteiger partial charge in [0.1, 0.15) is 0 Å². The molecule has 2 aromatic rings. The fourth-order valence-corrected chi connectivity index (χ4v) is 2.59. The second kappa shape index (κ2) is 7.08. The molecule has 6 heteroatoms. The molecule has 1 N–H and O–H groups in total. The molecule has 0 saturated heterocycles. The third-order valence-electron chi connectivity index (χ3n) is 2.98.